The van der Waals surface area contributed by atoms with Crippen LogP contribution in [0.15, 0.2) is 0 Å². The molecule has 0 aromatic heterocycles. The van der Waals surface area contributed by atoms with E-state index >= 15 is 0 Å². The number of hydrogen-bond donors (Lipinski definition) is 1. The van der Waals surface area contributed by atoms with Crippen LogP contribution in [0.4, 0.5) is 0 Å². The standard InChI is InChI=1S/C11H22N2O3S/c1-13(6-7-17(2,15)16)11(14)10-5-3-4-9(10)8-12/h9-10H,3-8,12H2,1-2H3. The maximum atomic E-state index is 12.1. The third-order valence-electron chi connectivity index (χ3n) is 3.45. The molecule has 0 heterocycles. The molecule has 0 spiro atoms. The highest BCUT2D eigenvalue weighted by molar-refractivity contribution is 7.90. The van der Waals surface area contributed by atoms with Crippen molar-refractivity contribution in [3.63, 3.8) is 0 Å². The molecule has 1 fully saturated rings. The van der Waals surface area contributed by atoms with Gasteiger partial charge in [0.05, 0.1) is 5.75 Å². The fraction of sp³-hybridized carbons (Fsp3) is 0.909. The molecule has 2 unspecified atom stereocenters. The van der Waals surface area contributed by atoms with Gasteiger partial charge in [0.25, 0.3) is 0 Å². The molecule has 1 aliphatic rings. The zero-order valence-corrected chi connectivity index (χ0v) is 11.4. The number of rotatable bonds is 5. The maximum Gasteiger partial charge on any atom is 0.225 e. The lowest BCUT2D eigenvalue weighted by atomic mass is 9.95. The molecule has 5 nitrogen and oxygen atoms in total. The van der Waals surface area contributed by atoms with Gasteiger partial charge in [0.15, 0.2) is 0 Å². The highest BCUT2D eigenvalue weighted by Crippen LogP contribution is 2.32. The lowest BCUT2D eigenvalue weighted by Crippen LogP contribution is -2.38. The van der Waals surface area contributed by atoms with E-state index in [9.17, 15) is 13.2 Å². The number of carbonyl (C=O) groups is 1. The van der Waals surface area contributed by atoms with Gasteiger partial charge in [-0.25, -0.2) is 8.42 Å². The Morgan fingerprint density at radius 3 is 2.59 bits per heavy atom. The summed E-state index contributed by atoms with van der Waals surface area (Å²) < 4.78 is 22.1. The zero-order chi connectivity index (χ0) is 13.1. The summed E-state index contributed by atoms with van der Waals surface area (Å²) in [5, 5.41) is 0. The van der Waals surface area contributed by atoms with Crippen molar-refractivity contribution in [2.24, 2.45) is 17.6 Å². The molecule has 100 valence electrons. The van der Waals surface area contributed by atoms with Crippen LogP contribution in [0.25, 0.3) is 0 Å². The van der Waals surface area contributed by atoms with Gasteiger partial charge in [-0.3, -0.25) is 4.79 Å². The summed E-state index contributed by atoms with van der Waals surface area (Å²) in [6.45, 7) is 0.807. The molecule has 1 rings (SSSR count). The lowest BCUT2D eigenvalue weighted by molar-refractivity contribution is -0.135. The van der Waals surface area contributed by atoms with Crippen LogP contribution >= 0.6 is 0 Å². The molecule has 0 radical (unpaired) electrons. The summed E-state index contributed by atoms with van der Waals surface area (Å²) >= 11 is 0. The number of amides is 1. The lowest BCUT2D eigenvalue weighted by Gasteiger charge is -2.24. The quantitative estimate of drug-likeness (QED) is 0.748. The fourth-order valence-corrected chi connectivity index (χ4v) is 2.95. The Labute approximate surface area is 103 Å². The van der Waals surface area contributed by atoms with Crippen molar-refractivity contribution in [1.82, 2.24) is 4.90 Å². The topological polar surface area (TPSA) is 80.5 Å². The van der Waals surface area contributed by atoms with Crippen molar-refractivity contribution in [3.8, 4) is 0 Å². The van der Waals surface area contributed by atoms with E-state index in [1.165, 1.54) is 11.2 Å². The van der Waals surface area contributed by atoms with Crippen molar-refractivity contribution in [1.29, 1.82) is 0 Å². The van der Waals surface area contributed by atoms with Gasteiger partial charge in [0.1, 0.15) is 9.84 Å². The molecule has 2 N–H and O–H groups in total. The minimum Gasteiger partial charge on any atom is -0.344 e. The Morgan fingerprint density at radius 1 is 1.41 bits per heavy atom. The monoisotopic (exact) mass is 262 g/mol. The Bertz CT molecular complexity index is 367. The maximum absolute atomic E-state index is 12.1. The molecule has 17 heavy (non-hydrogen) atoms. The van der Waals surface area contributed by atoms with Gasteiger partial charge in [-0.15, -0.1) is 0 Å². The summed E-state index contributed by atoms with van der Waals surface area (Å²) in [6.07, 6.45) is 4.11. The van der Waals surface area contributed by atoms with Crippen LogP contribution in [0.3, 0.4) is 0 Å². The minimum atomic E-state index is -3.01. The average molecular weight is 262 g/mol. The molecular weight excluding hydrogens is 240 g/mol. The molecule has 0 aromatic carbocycles. The SMILES string of the molecule is CN(CCS(C)(=O)=O)C(=O)C1CCCC1CN. The van der Waals surface area contributed by atoms with Gasteiger partial charge >= 0.3 is 0 Å². The first-order valence-corrected chi connectivity index (χ1v) is 8.04. The largest absolute Gasteiger partial charge is 0.344 e. The van der Waals surface area contributed by atoms with Gasteiger partial charge in [-0.2, -0.15) is 0 Å². The van der Waals surface area contributed by atoms with Crippen LogP contribution in [0.1, 0.15) is 19.3 Å². The van der Waals surface area contributed by atoms with Crippen molar-refractivity contribution < 1.29 is 13.2 Å². The van der Waals surface area contributed by atoms with E-state index in [2.05, 4.69) is 0 Å². The summed E-state index contributed by atoms with van der Waals surface area (Å²) in [5.74, 6) is 0.323. The molecule has 2 atom stereocenters. The van der Waals surface area contributed by atoms with Gasteiger partial charge in [-0.05, 0) is 25.3 Å². The van der Waals surface area contributed by atoms with Crippen molar-refractivity contribution in [2.45, 2.75) is 19.3 Å². The molecule has 0 aliphatic heterocycles. The summed E-state index contributed by atoms with van der Waals surface area (Å²) in [4.78, 5) is 13.6. The number of sulfone groups is 1. The van der Waals surface area contributed by atoms with Gasteiger partial charge in [0.2, 0.25) is 5.91 Å². The Hall–Kier alpha value is -0.620. The third kappa shape index (κ3) is 4.27. The first kappa shape index (κ1) is 14.4. The van der Waals surface area contributed by atoms with E-state index in [1.807, 2.05) is 0 Å². The number of hydrogen-bond acceptors (Lipinski definition) is 4. The molecule has 1 aliphatic carbocycles. The van der Waals surface area contributed by atoms with E-state index in [-0.39, 0.29) is 30.0 Å². The average Bonchev–Trinajstić information content (AvgIpc) is 2.71. The predicted molar refractivity (Wildman–Crippen MR) is 67.2 cm³/mol. The Morgan fingerprint density at radius 2 is 2.06 bits per heavy atom. The second-order valence-corrected chi connectivity index (χ2v) is 7.18. The summed E-state index contributed by atoms with van der Waals surface area (Å²) in [6, 6.07) is 0. The molecule has 0 saturated heterocycles. The number of nitrogens with zero attached hydrogens (tertiary/aromatic N) is 1. The molecule has 1 saturated carbocycles. The second kappa shape index (κ2) is 5.82. The van der Waals surface area contributed by atoms with Crippen LogP contribution in [0, 0.1) is 11.8 Å². The third-order valence-corrected chi connectivity index (χ3v) is 4.38. The van der Waals surface area contributed by atoms with E-state index in [4.69, 9.17) is 5.73 Å². The van der Waals surface area contributed by atoms with Gasteiger partial charge < -0.3 is 10.6 Å². The van der Waals surface area contributed by atoms with Crippen LogP contribution in [0.5, 0.6) is 0 Å². The normalized spacial score (nSPS) is 24.9. The van der Waals surface area contributed by atoms with Crippen LogP contribution in [0.2, 0.25) is 0 Å². The van der Waals surface area contributed by atoms with Crippen molar-refractivity contribution >= 4 is 15.7 Å². The first-order valence-electron chi connectivity index (χ1n) is 5.98. The zero-order valence-electron chi connectivity index (χ0n) is 10.6. The Balaban J connectivity index is 2.51. The highest BCUT2D eigenvalue weighted by Gasteiger charge is 2.33. The van der Waals surface area contributed by atoms with Gasteiger partial charge in [-0.1, -0.05) is 6.42 Å². The Kier molecular flexibility index (Phi) is 4.94. The molecule has 0 bridgehead atoms. The van der Waals surface area contributed by atoms with Crippen molar-refractivity contribution in [3.05, 3.63) is 0 Å². The predicted octanol–water partition coefficient (Wildman–Crippen LogP) is -0.136. The van der Waals surface area contributed by atoms with E-state index in [0.717, 1.165) is 19.3 Å². The molecule has 0 aromatic rings. The summed E-state index contributed by atoms with van der Waals surface area (Å²) in [5.41, 5.74) is 5.64. The number of nitrogens with two attached hydrogens (primary N) is 1. The van der Waals surface area contributed by atoms with Crippen LogP contribution in [-0.4, -0.2) is 51.4 Å². The van der Waals surface area contributed by atoms with E-state index in [0.29, 0.717) is 6.54 Å². The highest BCUT2D eigenvalue weighted by atomic mass is 32.2. The second-order valence-electron chi connectivity index (χ2n) is 4.92. The minimum absolute atomic E-state index is 0.00967. The van der Waals surface area contributed by atoms with Crippen molar-refractivity contribution in [2.75, 3.05) is 32.1 Å². The fourth-order valence-electron chi connectivity index (χ4n) is 2.34. The molecule has 1 amide bonds. The summed E-state index contributed by atoms with van der Waals surface area (Å²) in [7, 11) is -1.35. The van der Waals surface area contributed by atoms with Crippen LogP contribution in [-0.2, 0) is 14.6 Å². The smallest absolute Gasteiger partial charge is 0.225 e. The van der Waals surface area contributed by atoms with E-state index in [1.54, 1.807) is 7.05 Å². The first-order chi connectivity index (χ1) is 7.85. The van der Waals surface area contributed by atoms with Gasteiger partial charge in [0, 0.05) is 25.8 Å². The van der Waals surface area contributed by atoms with Crippen LogP contribution < -0.4 is 5.73 Å². The molecule has 6 heteroatoms. The number of carbonyl (C=O) groups excluding carboxylic acids is 1. The van der Waals surface area contributed by atoms with E-state index < -0.39 is 9.84 Å². The molecular formula is C11H22N2O3S.